The number of hydrogen-bond donors (Lipinski definition) is 2. The van der Waals surface area contributed by atoms with Crippen molar-refractivity contribution in [2.75, 3.05) is 13.2 Å². The van der Waals surface area contributed by atoms with Crippen LogP contribution in [-0.4, -0.2) is 34.9 Å². The van der Waals surface area contributed by atoms with Gasteiger partial charge in [-0.15, -0.1) is 12.3 Å². The average molecular weight is 351 g/mol. The zero-order valence-electron chi connectivity index (χ0n) is 15.5. The maximum absolute atomic E-state index is 11.7. The fourth-order valence-electron chi connectivity index (χ4n) is 3.09. The Labute approximate surface area is 152 Å². The van der Waals surface area contributed by atoms with E-state index in [1.807, 2.05) is 0 Å². The van der Waals surface area contributed by atoms with E-state index in [4.69, 9.17) is 16.6 Å². The van der Waals surface area contributed by atoms with Crippen LogP contribution in [0.1, 0.15) is 83.5 Å². The molecule has 5 nitrogen and oxygen atoms in total. The molecule has 0 spiro atoms. The highest BCUT2D eigenvalue weighted by Crippen LogP contribution is 2.38. The van der Waals surface area contributed by atoms with Gasteiger partial charge in [-0.2, -0.15) is 10.2 Å². The van der Waals surface area contributed by atoms with Crippen LogP contribution in [0, 0.1) is 18.3 Å². The van der Waals surface area contributed by atoms with Crippen molar-refractivity contribution < 1.29 is 15.0 Å². The Morgan fingerprint density at radius 3 is 2.04 bits per heavy atom. The molecule has 0 aromatic heterocycles. The summed E-state index contributed by atoms with van der Waals surface area (Å²) in [5, 5.41) is 26.3. The molecule has 1 aliphatic heterocycles. The smallest absolute Gasteiger partial charge is 0.191 e. The number of carbonyl (C=O) groups is 1. The first-order valence-electron chi connectivity index (χ1n) is 9.76. The number of carbonyl (C=O) groups excluding carboxylic acids is 1. The number of aliphatic hydroxyl groups excluding tert-OH is 2. The molecule has 25 heavy (non-hydrogen) atoms. The van der Waals surface area contributed by atoms with Crippen molar-refractivity contribution in [2.24, 2.45) is 16.1 Å². The SMILES string of the molecule is C#CCCCC1(CCCCCCCCCC(=O)CC(CO)CO)N=N1. The van der Waals surface area contributed by atoms with Crippen molar-refractivity contribution in [3.63, 3.8) is 0 Å². The Kier molecular flexibility index (Phi) is 11.3. The second-order valence-corrected chi connectivity index (χ2v) is 7.19. The van der Waals surface area contributed by atoms with Crippen LogP contribution in [0.2, 0.25) is 0 Å². The fourth-order valence-corrected chi connectivity index (χ4v) is 3.09. The third kappa shape index (κ3) is 10.4. The zero-order chi connectivity index (χ0) is 18.4. The average Bonchev–Trinajstić information content (AvgIpc) is 3.38. The van der Waals surface area contributed by atoms with Gasteiger partial charge in [-0.05, 0) is 32.1 Å². The number of Topliss-reactive ketones (excluding diaryl/α,β-unsaturated/α-hetero) is 1. The van der Waals surface area contributed by atoms with Gasteiger partial charge in [0.25, 0.3) is 0 Å². The van der Waals surface area contributed by atoms with Crippen molar-refractivity contribution in [3.05, 3.63) is 0 Å². The number of nitrogens with zero attached hydrogens (tertiary/aromatic N) is 2. The quantitative estimate of drug-likeness (QED) is 0.307. The van der Waals surface area contributed by atoms with Crippen molar-refractivity contribution in [1.82, 2.24) is 0 Å². The minimum Gasteiger partial charge on any atom is -0.396 e. The molecule has 1 rings (SSSR count). The lowest BCUT2D eigenvalue weighted by Gasteiger charge is -2.09. The van der Waals surface area contributed by atoms with E-state index in [1.165, 1.54) is 32.1 Å². The van der Waals surface area contributed by atoms with Gasteiger partial charge in [-0.1, -0.05) is 32.1 Å². The lowest BCUT2D eigenvalue weighted by molar-refractivity contribution is -0.120. The highest BCUT2D eigenvalue weighted by Gasteiger charge is 2.38. The van der Waals surface area contributed by atoms with Crippen molar-refractivity contribution in [2.45, 2.75) is 89.1 Å². The Bertz CT molecular complexity index is 433. The number of rotatable bonds is 17. The molecule has 0 atom stereocenters. The van der Waals surface area contributed by atoms with Gasteiger partial charge in [-0.3, -0.25) is 4.79 Å². The number of ketones is 1. The second kappa shape index (κ2) is 13.0. The van der Waals surface area contributed by atoms with Gasteiger partial charge in [0.2, 0.25) is 0 Å². The molecule has 2 N–H and O–H groups in total. The van der Waals surface area contributed by atoms with Gasteiger partial charge in [0, 0.05) is 38.4 Å². The van der Waals surface area contributed by atoms with Gasteiger partial charge in [0.15, 0.2) is 5.66 Å². The summed E-state index contributed by atoms with van der Waals surface area (Å²) in [6, 6.07) is 0. The van der Waals surface area contributed by atoms with E-state index in [2.05, 4.69) is 16.1 Å². The number of unbranched alkanes of at least 4 members (excludes halogenated alkanes) is 7. The predicted octanol–water partition coefficient (Wildman–Crippen LogP) is 4.02. The number of aliphatic hydroxyl groups is 2. The fraction of sp³-hybridized carbons (Fsp3) is 0.850. The predicted molar refractivity (Wildman–Crippen MR) is 99.1 cm³/mol. The van der Waals surface area contributed by atoms with E-state index in [0.29, 0.717) is 12.8 Å². The lowest BCUT2D eigenvalue weighted by atomic mass is 9.98. The van der Waals surface area contributed by atoms with E-state index in [9.17, 15) is 4.79 Å². The summed E-state index contributed by atoms with van der Waals surface area (Å²) in [7, 11) is 0. The van der Waals surface area contributed by atoms with Crippen molar-refractivity contribution in [1.29, 1.82) is 0 Å². The molecule has 5 heteroatoms. The van der Waals surface area contributed by atoms with Gasteiger partial charge < -0.3 is 10.2 Å². The molecule has 0 aromatic carbocycles. The molecule has 142 valence electrons. The molecule has 0 aromatic rings. The van der Waals surface area contributed by atoms with Crippen LogP contribution >= 0.6 is 0 Å². The molecule has 1 aliphatic rings. The van der Waals surface area contributed by atoms with Crippen LogP contribution in [0.5, 0.6) is 0 Å². The van der Waals surface area contributed by atoms with Gasteiger partial charge in [0.05, 0.1) is 0 Å². The van der Waals surface area contributed by atoms with Crippen molar-refractivity contribution >= 4 is 5.78 Å². The third-order valence-corrected chi connectivity index (χ3v) is 4.85. The molecule has 0 saturated carbocycles. The molecule has 1 heterocycles. The van der Waals surface area contributed by atoms with Crippen LogP contribution in [0.25, 0.3) is 0 Å². The first-order valence-corrected chi connectivity index (χ1v) is 9.76. The summed E-state index contributed by atoms with van der Waals surface area (Å²) in [6.45, 7) is -0.234. The number of hydrogen-bond acceptors (Lipinski definition) is 5. The van der Waals surface area contributed by atoms with E-state index >= 15 is 0 Å². The van der Waals surface area contributed by atoms with E-state index < -0.39 is 0 Å². The summed E-state index contributed by atoms with van der Waals surface area (Å²) >= 11 is 0. The Morgan fingerprint density at radius 1 is 0.920 bits per heavy atom. The monoisotopic (exact) mass is 350 g/mol. The molecule has 0 amide bonds. The summed E-state index contributed by atoms with van der Waals surface area (Å²) in [4.78, 5) is 11.7. The molecule has 0 unspecified atom stereocenters. The minimum atomic E-state index is -0.285. The van der Waals surface area contributed by atoms with Crippen LogP contribution in [-0.2, 0) is 4.79 Å². The third-order valence-electron chi connectivity index (χ3n) is 4.85. The topological polar surface area (TPSA) is 82.2 Å². The maximum Gasteiger partial charge on any atom is 0.191 e. The summed E-state index contributed by atoms with van der Waals surface area (Å²) in [6.07, 6.45) is 18.0. The highest BCUT2D eigenvalue weighted by molar-refractivity contribution is 5.78. The first kappa shape index (κ1) is 21.8. The van der Waals surface area contributed by atoms with E-state index in [1.54, 1.807) is 0 Å². The summed E-state index contributed by atoms with van der Waals surface area (Å²) in [5.41, 5.74) is -0.0851. The molecule has 0 radical (unpaired) electrons. The van der Waals surface area contributed by atoms with E-state index in [-0.39, 0.29) is 30.6 Å². The van der Waals surface area contributed by atoms with Crippen molar-refractivity contribution in [3.8, 4) is 12.3 Å². The summed E-state index contributed by atoms with van der Waals surface area (Å²) < 4.78 is 0. The van der Waals surface area contributed by atoms with Crippen LogP contribution in [0.3, 0.4) is 0 Å². The summed E-state index contributed by atoms with van der Waals surface area (Å²) in [5.74, 6) is 2.53. The first-order chi connectivity index (χ1) is 12.2. The maximum atomic E-state index is 11.7. The van der Waals surface area contributed by atoms with Crippen LogP contribution < -0.4 is 0 Å². The molecule has 0 saturated heterocycles. The Hall–Kier alpha value is -1.25. The lowest BCUT2D eigenvalue weighted by Crippen LogP contribution is -2.15. The number of terminal acetylenes is 1. The molecular weight excluding hydrogens is 316 g/mol. The standard InChI is InChI=1S/C20H34N2O3/c1-2-3-10-13-20(21-22-20)14-11-8-6-4-5-7-9-12-19(25)15-18(16-23)17-24/h1,18,23-24H,3-17H2. The Balaban J connectivity index is 1.88. The normalized spacial score (nSPS) is 14.6. The minimum absolute atomic E-state index is 0.0851. The van der Waals surface area contributed by atoms with Gasteiger partial charge >= 0.3 is 0 Å². The molecular formula is C20H34N2O3. The largest absolute Gasteiger partial charge is 0.396 e. The highest BCUT2D eigenvalue weighted by atomic mass is 16.3. The molecule has 0 fully saturated rings. The van der Waals surface area contributed by atoms with Crippen LogP contribution in [0.15, 0.2) is 10.2 Å². The Morgan fingerprint density at radius 2 is 1.48 bits per heavy atom. The van der Waals surface area contributed by atoms with E-state index in [0.717, 1.165) is 38.5 Å². The molecule has 0 aliphatic carbocycles. The van der Waals surface area contributed by atoms with Gasteiger partial charge in [0.1, 0.15) is 5.78 Å². The molecule has 0 bridgehead atoms. The second-order valence-electron chi connectivity index (χ2n) is 7.19. The van der Waals surface area contributed by atoms with Gasteiger partial charge in [-0.25, -0.2) is 0 Å². The van der Waals surface area contributed by atoms with Crippen LogP contribution in [0.4, 0.5) is 0 Å². The zero-order valence-corrected chi connectivity index (χ0v) is 15.5.